The Balaban J connectivity index is 4.61. The summed E-state index contributed by atoms with van der Waals surface area (Å²) >= 11 is 0. The molecule has 0 saturated carbocycles. The van der Waals surface area contributed by atoms with E-state index < -0.39 is 30.1 Å². The molecule has 0 aliphatic rings. The first-order chi connectivity index (χ1) is 5.86. The molecule has 0 heterocycles. The van der Waals surface area contributed by atoms with E-state index in [-0.39, 0.29) is 5.57 Å². The molecule has 0 aromatic heterocycles. The molecular formula is C8H10O5. The second-order valence-corrected chi connectivity index (χ2v) is 2.63. The normalized spacial score (nSPS) is 11.8. The lowest BCUT2D eigenvalue weighted by molar-refractivity contribution is -0.151. The maximum absolute atomic E-state index is 11.1. The highest BCUT2D eigenvalue weighted by molar-refractivity contribution is 6.08. The molecule has 0 amide bonds. The molecule has 0 fully saturated rings. The van der Waals surface area contributed by atoms with Gasteiger partial charge in [0.05, 0.1) is 6.42 Å². The van der Waals surface area contributed by atoms with Crippen LogP contribution in [-0.4, -0.2) is 27.9 Å². The van der Waals surface area contributed by atoms with Crippen LogP contribution in [0, 0.1) is 5.92 Å². The number of carboxylic acid groups (broad SMARTS) is 2. The van der Waals surface area contributed by atoms with Crippen molar-refractivity contribution in [2.45, 2.75) is 13.3 Å². The fraction of sp³-hybridized carbons (Fsp3) is 0.375. The van der Waals surface area contributed by atoms with Gasteiger partial charge in [-0.3, -0.25) is 14.4 Å². The van der Waals surface area contributed by atoms with Crippen LogP contribution in [0.25, 0.3) is 0 Å². The van der Waals surface area contributed by atoms with Gasteiger partial charge in [-0.25, -0.2) is 0 Å². The van der Waals surface area contributed by atoms with Gasteiger partial charge in [-0.15, -0.1) is 0 Å². The number of rotatable bonds is 5. The Morgan fingerprint density at radius 2 is 1.77 bits per heavy atom. The maximum atomic E-state index is 11.1. The molecule has 0 bridgehead atoms. The number of hydrogen-bond donors (Lipinski definition) is 2. The van der Waals surface area contributed by atoms with E-state index >= 15 is 0 Å². The maximum Gasteiger partial charge on any atom is 0.315 e. The van der Waals surface area contributed by atoms with Crippen molar-refractivity contribution in [1.29, 1.82) is 0 Å². The predicted molar refractivity (Wildman–Crippen MR) is 43.2 cm³/mol. The number of carbonyl (C=O) groups is 3. The van der Waals surface area contributed by atoms with E-state index in [2.05, 4.69) is 6.58 Å². The Bertz CT molecular complexity index is 266. The second-order valence-electron chi connectivity index (χ2n) is 2.63. The smallest absolute Gasteiger partial charge is 0.315 e. The molecule has 0 aliphatic heterocycles. The Kier molecular flexibility index (Phi) is 3.84. The van der Waals surface area contributed by atoms with Gasteiger partial charge in [0.2, 0.25) is 0 Å². The van der Waals surface area contributed by atoms with Crippen molar-refractivity contribution >= 4 is 17.7 Å². The number of allylic oxidation sites excluding steroid dienone is 1. The van der Waals surface area contributed by atoms with E-state index in [1.165, 1.54) is 6.92 Å². The summed E-state index contributed by atoms with van der Waals surface area (Å²) in [5, 5.41) is 16.8. The molecule has 1 unspecified atom stereocenters. The van der Waals surface area contributed by atoms with Crippen LogP contribution in [0.5, 0.6) is 0 Å². The standard InChI is InChI=1S/C8H10O5/c1-4(2)7(11)5(8(12)13)3-6(9)10/h5H,1,3H2,2H3,(H,9,10)(H,12,13). The van der Waals surface area contributed by atoms with Crippen LogP contribution in [0.4, 0.5) is 0 Å². The lowest BCUT2D eigenvalue weighted by Gasteiger charge is -2.07. The summed E-state index contributed by atoms with van der Waals surface area (Å²) in [6.07, 6.45) is -0.707. The average Bonchev–Trinajstić information content (AvgIpc) is 1.97. The fourth-order valence-electron chi connectivity index (χ4n) is 0.764. The lowest BCUT2D eigenvalue weighted by atomic mass is 9.96. The molecule has 0 aromatic carbocycles. The van der Waals surface area contributed by atoms with Crippen molar-refractivity contribution in [2.24, 2.45) is 5.92 Å². The summed E-state index contributed by atoms with van der Waals surface area (Å²) < 4.78 is 0. The summed E-state index contributed by atoms with van der Waals surface area (Å²) in [7, 11) is 0. The van der Waals surface area contributed by atoms with Crippen LogP contribution < -0.4 is 0 Å². The van der Waals surface area contributed by atoms with Gasteiger partial charge in [-0.2, -0.15) is 0 Å². The van der Waals surface area contributed by atoms with E-state index in [4.69, 9.17) is 10.2 Å². The topological polar surface area (TPSA) is 91.7 Å². The number of hydrogen-bond acceptors (Lipinski definition) is 3. The van der Waals surface area contributed by atoms with E-state index in [9.17, 15) is 14.4 Å². The number of carboxylic acids is 2. The highest BCUT2D eigenvalue weighted by Gasteiger charge is 2.28. The zero-order valence-corrected chi connectivity index (χ0v) is 7.11. The molecule has 1 atom stereocenters. The van der Waals surface area contributed by atoms with Crippen LogP contribution in [0.15, 0.2) is 12.2 Å². The first-order valence-electron chi connectivity index (χ1n) is 3.50. The minimum Gasteiger partial charge on any atom is -0.481 e. The number of Topliss-reactive ketones (excluding diaryl/α,β-unsaturated/α-hetero) is 1. The zero-order chi connectivity index (χ0) is 10.6. The van der Waals surface area contributed by atoms with Gasteiger partial charge in [0.25, 0.3) is 0 Å². The molecule has 5 heteroatoms. The molecule has 0 radical (unpaired) electrons. The molecule has 5 nitrogen and oxygen atoms in total. The number of carbonyl (C=O) groups excluding carboxylic acids is 1. The molecule has 0 aromatic rings. The first-order valence-corrected chi connectivity index (χ1v) is 3.50. The van der Waals surface area contributed by atoms with Crippen molar-refractivity contribution < 1.29 is 24.6 Å². The first kappa shape index (κ1) is 11.4. The van der Waals surface area contributed by atoms with Crippen molar-refractivity contribution in [2.75, 3.05) is 0 Å². The monoisotopic (exact) mass is 186 g/mol. The molecule has 0 spiro atoms. The SMILES string of the molecule is C=C(C)C(=O)C(CC(=O)O)C(=O)O. The molecule has 0 aliphatic carbocycles. The van der Waals surface area contributed by atoms with Crippen LogP contribution in [0.2, 0.25) is 0 Å². The Hall–Kier alpha value is -1.65. The summed E-state index contributed by atoms with van der Waals surface area (Å²) in [6, 6.07) is 0. The van der Waals surface area contributed by atoms with Crippen molar-refractivity contribution in [3.63, 3.8) is 0 Å². The van der Waals surface area contributed by atoms with Gasteiger partial charge in [0.15, 0.2) is 5.78 Å². The number of aliphatic carboxylic acids is 2. The minimum atomic E-state index is -1.52. The van der Waals surface area contributed by atoms with Gasteiger partial charge < -0.3 is 10.2 Å². The van der Waals surface area contributed by atoms with Gasteiger partial charge >= 0.3 is 11.9 Å². The van der Waals surface area contributed by atoms with E-state index in [0.29, 0.717) is 0 Å². The van der Waals surface area contributed by atoms with Gasteiger partial charge in [0, 0.05) is 0 Å². The molecule has 2 N–H and O–H groups in total. The summed E-state index contributed by atoms with van der Waals surface area (Å²) in [4.78, 5) is 31.7. The fourth-order valence-corrected chi connectivity index (χ4v) is 0.764. The van der Waals surface area contributed by atoms with Gasteiger partial charge in [-0.05, 0) is 12.5 Å². The van der Waals surface area contributed by atoms with Crippen LogP contribution >= 0.6 is 0 Å². The van der Waals surface area contributed by atoms with Crippen molar-refractivity contribution in [1.82, 2.24) is 0 Å². The third-order valence-corrected chi connectivity index (χ3v) is 1.41. The predicted octanol–water partition coefficient (Wildman–Crippen LogP) is 0.307. The highest BCUT2D eigenvalue weighted by Crippen LogP contribution is 2.10. The Morgan fingerprint density at radius 3 is 2.00 bits per heavy atom. The third kappa shape index (κ3) is 3.50. The summed E-state index contributed by atoms with van der Waals surface area (Å²) in [5.74, 6) is -5.01. The lowest BCUT2D eigenvalue weighted by Crippen LogP contribution is -2.26. The molecule has 13 heavy (non-hydrogen) atoms. The molecule has 0 saturated heterocycles. The van der Waals surface area contributed by atoms with Crippen molar-refractivity contribution in [3.8, 4) is 0 Å². The van der Waals surface area contributed by atoms with E-state index in [0.717, 1.165) is 0 Å². The van der Waals surface area contributed by atoms with Crippen LogP contribution in [-0.2, 0) is 14.4 Å². The van der Waals surface area contributed by atoms with Gasteiger partial charge in [-0.1, -0.05) is 6.58 Å². The van der Waals surface area contributed by atoms with Crippen LogP contribution in [0.1, 0.15) is 13.3 Å². The molecular weight excluding hydrogens is 176 g/mol. The number of ketones is 1. The third-order valence-electron chi connectivity index (χ3n) is 1.41. The van der Waals surface area contributed by atoms with E-state index in [1.54, 1.807) is 0 Å². The second kappa shape index (κ2) is 4.39. The summed E-state index contributed by atoms with van der Waals surface area (Å²) in [5.41, 5.74) is 0.0497. The van der Waals surface area contributed by atoms with Crippen molar-refractivity contribution in [3.05, 3.63) is 12.2 Å². The Labute approximate surface area is 74.7 Å². The summed E-state index contributed by atoms with van der Waals surface area (Å²) in [6.45, 7) is 4.61. The molecule has 72 valence electrons. The Morgan fingerprint density at radius 1 is 1.31 bits per heavy atom. The van der Waals surface area contributed by atoms with Crippen LogP contribution in [0.3, 0.4) is 0 Å². The van der Waals surface area contributed by atoms with E-state index in [1.807, 2.05) is 0 Å². The minimum absolute atomic E-state index is 0.0497. The zero-order valence-electron chi connectivity index (χ0n) is 7.11. The van der Waals surface area contributed by atoms with Gasteiger partial charge in [0.1, 0.15) is 5.92 Å². The largest absolute Gasteiger partial charge is 0.481 e. The quantitative estimate of drug-likeness (QED) is 0.476. The highest BCUT2D eigenvalue weighted by atomic mass is 16.4. The average molecular weight is 186 g/mol. The molecule has 0 rings (SSSR count).